The first kappa shape index (κ1) is 15.0. The summed E-state index contributed by atoms with van der Waals surface area (Å²) in [4.78, 5) is 11.7. The molecular formula is C13H18ClNO3. The van der Waals surface area contributed by atoms with Gasteiger partial charge in [-0.05, 0) is 37.1 Å². The summed E-state index contributed by atoms with van der Waals surface area (Å²) >= 11 is 5.89. The van der Waals surface area contributed by atoms with Crippen LogP contribution in [0, 0.1) is 12.8 Å². The third-order valence-electron chi connectivity index (χ3n) is 2.78. The molecule has 0 aliphatic heterocycles. The van der Waals surface area contributed by atoms with Crippen molar-refractivity contribution in [2.24, 2.45) is 11.7 Å². The molecule has 1 aromatic carbocycles. The third kappa shape index (κ3) is 3.98. The van der Waals surface area contributed by atoms with Crippen molar-refractivity contribution in [3.05, 3.63) is 28.8 Å². The van der Waals surface area contributed by atoms with Gasteiger partial charge < -0.3 is 15.6 Å². The number of aryl methyl sites for hydroxylation is 1. The van der Waals surface area contributed by atoms with Crippen LogP contribution in [0.25, 0.3) is 0 Å². The first-order valence-electron chi connectivity index (χ1n) is 5.81. The van der Waals surface area contributed by atoms with E-state index in [1.54, 1.807) is 25.1 Å². The Labute approximate surface area is 112 Å². The van der Waals surface area contributed by atoms with Crippen molar-refractivity contribution < 1.29 is 14.6 Å². The Morgan fingerprint density at radius 2 is 2.22 bits per heavy atom. The van der Waals surface area contributed by atoms with E-state index >= 15 is 0 Å². The van der Waals surface area contributed by atoms with E-state index in [4.69, 9.17) is 22.1 Å². The normalized spacial score (nSPS) is 14.1. The maximum absolute atomic E-state index is 11.7. The summed E-state index contributed by atoms with van der Waals surface area (Å²) < 4.78 is 5.36. The average molecular weight is 272 g/mol. The van der Waals surface area contributed by atoms with Gasteiger partial charge in [0.1, 0.15) is 18.6 Å². The molecule has 0 saturated carbocycles. The summed E-state index contributed by atoms with van der Waals surface area (Å²) in [7, 11) is 0. The summed E-state index contributed by atoms with van der Waals surface area (Å²) in [6, 6.07) is 5.17. The van der Waals surface area contributed by atoms with Gasteiger partial charge >= 0.3 is 0 Å². The van der Waals surface area contributed by atoms with Crippen LogP contribution in [-0.4, -0.2) is 23.7 Å². The molecular weight excluding hydrogens is 254 g/mol. The lowest BCUT2D eigenvalue weighted by Gasteiger charge is -2.16. The van der Waals surface area contributed by atoms with E-state index in [9.17, 15) is 9.90 Å². The SMILES string of the molecule is CCC(C(=O)COc1ccc(Cl)c(C)c1)[C@H](N)O. The molecule has 0 radical (unpaired) electrons. The van der Waals surface area contributed by atoms with E-state index in [2.05, 4.69) is 0 Å². The van der Waals surface area contributed by atoms with Crippen LogP contribution in [0.2, 0.25) is 5.02 Å². The second-order valence-electron chi connectivity index (χ2n) is 4.17. The van der Waals surface area contributed by atoms with E-state index in [1.165, 1.54) is 0 Å². The van der Waals surface area contributed by atoms with Crippen LogP contribution in [0.3, 0.4) is 0 Å². The fourth-order valence-electron chi connectivity index (χ4n) is 1.63. The van der Waals surface area contributed by atoms with Crippen molar-refractivity contribution in [3.8, 4) is 5.75 Å². The lowest BCUT2D eigenvalue weighted by Crippen LogP contribution is -2.37. The number of benzene rings is 1. The number of hydrogen-bond acceptors (Lipinski definition) is 4. The molecule has 0 spiro atoms. The molecule has 0 fully saturated rings. The van der Waals surface area contributed by atoms with E-state index < -0.39 is 12.1 Å². The summed E-state index contributed by atoms with van der Waals surface area (Å²) in [6.07, 6.45) is -0.655. The second-order valence-corrected chi connectivity index (χ2v) is 4.58. The minimum atomic E-state index is -1.14. The molecule has 0 saturated heterocycles. The van der Waals surface area contributed by atoms with Gasteiger partial charge in [-0.1, -0.05) is 18.5 Å². The first-order valence-corrected chi connectivity index (χ1v) is 6.18. The first-order chi connectivity index (χ1) is 8.45. The van der Waals surface area contributed by atoms with Crippen molar-refractivity contribution >= 4 is 17.4 Å². The number of ketones is 1. The summed E-state index contributed by atoms with van der Waals surface area (Å²) in [5.74, 6) is -0.217. The lowest BCUT2D eigenvalue weighted by molar-refractivity contribution is -0.128. The number of aliphatic hydroxyl groups is 1. The smallest absolute Gasteiger partial charge is 0.177 e. The molecule has 0 aliphatic carbocycles. The van der Waals surface area contributed by atoms with Crippen LogP contribution in [0.5, 0.6) is 5.75 Å². The summed E-state index contributed by atoms with van der Waals surface area (Å²) in [6.45, 7) is 3.55. The maximum Gasteiger partial charge on any atom is 0.177 e. The Morgan fingerprint density at radius 3 is 2.72 bits per heavy atom. The van der Waals surface area contributed by atoms with Crippen LogP contribution in [-0.2, 0) is 4.79 Å². The van der Waals surface area contributed by atoms with Crippen molar-refractivity contribution in [2.75, 3.05) is 6.61 Å². The second kappa shape index (κ2) is 6.73. The molecule has 1 aromatic rings. The number of carbonyl (C=O) groups excluding carboxylic acids is 1. The van der Waals surface area contributed by atoms with Crippen molar-refractivity contribution in [3.63, 3.8) is 0 Å². The van der Waals surface area contributed by atoms with Crippen LogP contribution in [0.15, 0.2) is 18.2 Å². The minimum absolute atomic E-state index is 0.103. The number of nitrogens with two attached hydrogens (primary N) is 1. The fourth-order valence-corrected chi connectivity index (χ4v) is 1.75. The van der Waals surface area contributed by atoms with Crippen LogP contribution >= 0.6 is 11.6 Å². The molecule has 18 heavy (non-hydrogen) atoms. The highest BCUT2D eigenvalue weighted by Gasteiger charge is 2.22. The molecule has 3 N–H and O–H groups in total. The molecule has 0 aliphatic rings. The number of carbonyl (C=O) groups is 1. The number of ether oxygens (including phenoxy) is 1. The third-order valence-corrected chi connectivity index (χ3v) is 3.20. The molecule has 4 nitrogen and oxygen atoms in total. The molecule has 0 heterocycles. The van der Waals surface area contributed by atoms with Gasteiger partial charge in [0.25, 0.3) is 0 Å². The summed E-state index contributed by atoms with van der Waals surface area (Å²) in [5.41, 5.74) is 6.20. The predicted molar refractivity (Wildman–Crippen MR) is 70.7 cm³/mol. The molecule has 2 atom stereocenters. The highest BCUT2D eigenvalue weighted by molar-refractivity contribution is 6.31. The number of halogens is 1. The Kier molecular flexibility index (Phi) is 5.59. The molecule has 5 heteroatoms. The van der Waals surface area contributed by atoms with Gasteiger partial charge in [0.05, 0.1) is 5.92 Å². The number of aliphatic hydroxyl groups excluding tert-OH is 1. The van der Waals surface area contributed by atoms with E-state index in [0.29, 0.717) is 17.2 Å². The van der Waals surface area contributed by atoms with Crippen LogP contribution in [0.4, 0.5) is 0 Å². The Balaban J connectivity index is 2.59. The zero-order valence-corrected chi connectivity index (χ0v) is 11.3. The number of hydrogen-bond donors (Lipinski definition) is 2. The highest BCUT2D eigenvalue weighted by Crippen LogP contribution is 2.21. The fraction of sp³-hybridized carbons (Fsp3) is 0.462. The maximum atomic E-state index is 11.7. The molecule has 100 valence electrons. The monoisotopic (exact) mass is 271 g/mol. The minimum Gasteiger partial charge on any atom is -0.486 e. The largest absolute Gasteiger partial charge is 0.486 e. The van der Waals surface area contributed by atoms with Gasteiger partial charge in [0, 0.05) is 5.02 Å². The highest BCUT2D eigenvalue weighted by atomic mass is 35.5. The van der Waals surface area contributed by atoms with Crippen LogP contribution in [0.1, 0.15) is 18.9 Å². The Morgan fingerprint density at radius 1 is 1.56 bits per heavy atom. The number of rotatable bonds is 6. The summed E-state index contributed by atoms with van der Waals surface area (Å²) in [5, 5.41) is 9.89. The van der Waals surface area contributed by atoms with E-state index in [-0.39, 0.29) is 12.4 Å². The van der Waals surface area contributed by atoms with Crippen molar-refractivity contribution in [2.45, 2.75) is 26.5 Å². The van der Waals surface area contributed by atoms with Crippen molar-refractivity contribution in [1.82, 2.24) is 0 Å². The van der Waals surface area contributed by atoms with E-state index in [0.717, 1.165) is 5.56 Å². The van der Waals surface area contributed by atoms with Gasteiger partial charge in [0.2, 0.25) is 0 Å². The van der Waals surface area contributed by atoms with Gasteiger partial charge in [0.15, 0.2) is 5.78 Å². The van der Waals surface area contributed by atoms with Crippen LogP contribution < -0.4 is 10.5 Å². The predicted octanol–water partition coefficient (Wildman–Crippen LogP) is 1.90. The van der Waals surface area contributed by atoms with Gasteiger partial charge in [-0.3, -0.25) is 4.79 Å². The topological polar surface area (TPSA) is 72.5 Å². The molecule has 1 rings (SSSR count). The molecule has 0 aromatic heterocycles. The average Bonchev–Trinajstić information content (AvgIpc) is 2.31. The zero-order chi connectivity index (χ0) is 13.7. The quantitative estimate of drug-likeness (QED) is 0.775. The molecule has 0 amide bonds. The standard InChI is InChI=1S/C13H18ClNO3/c1-3-10(13(15)17)12(16)7-18-9-4-5-11(14)8(2)6-9/h4-6,10,13,17H,3,7,15H2,1-2H3/t10?,13-/m1/s1. The van der Waals surface area contributed by atoms with Gasteiger partial charge in [-0.25, -0.2) is 0 Å². The Hall–Kier alpha value is -1.10. The molecule has 0 bridgehead atoms. The molecule has 1 unspecified atom stereocenters. The Bertz CT molecular complexity index is 421. The van der Waals surface area contributed by atoms with Gasteiger partial charge in [-0.15, -0.1) is 0 Å². The van der Waals surface area contributed by atoms with Gasteiger partial charge in [-0.2, -0.15) is 0 Å². The van der Waals surface area contributed by atoms with Crippen molar-refractivity contribution in [1.29, 1.82) is 0 Å². The number of Topliss-reactive ketones (excluding diaryl/α,β-unsaturated/α-hetero) is 1. The van der Waals surface area contributed by atoms with E-state index in [1.807, 2.05) is 6.92 Å². The zero-order valence-electron chi connectivity index (χ0n) is 10.5. The lowest BCUT2D eigenvalue weighted by atomic mass is 10.00.